The van der Waals surface area contributed by atoms with Crippen molar-refractivity contribution in [3.05, 3.63) is 47.5 Å². The van der Waals surface area contributed by atoms with Gasteiger partial charge in [0, 0.05) is 67.6 Å². The second-order valence-corrected chi connectivity index (χ2v) is 11.3. The molecule has 0 atom stereocenters. The lowest BCUT2D eigenvalue weighted by Gasteiger charge is -2.62. The summed E-state index contributed by atoms with van der Waals surface area (Å²) in [6.07, 6.45) is 6.10. The van der Waals surface area contributed by atoms with Crippen LogP contribution in [0.3, 0.4) is 0 Å². The van der Waals surface area contributed by atoms with E-state index in [-0.39, 0.29) is 0 Å². The van der Waals surface area contributed by atoms with Gasteiger partial charge in [0.25, 0.3) is 0 Å². The molecule has 0 unspecified atom stereocenters. The van der Waals surface area contributed by atoms with Crippen molar-refractivity contribution in [2.75, 3.05) is 74.6 Å². The standard InChI is InChI=1S/C15H23N3.C14H21N3.C2H6/c1-3-12-10-13(4-5-14(12)16)18-9-8-17(2)15(11-18)6-7-15;1-3-11-8-12(4-5-13(11)15)17-9-14(10-17)6-7-16(14)2;1-2/h4-5,10H,3,6-9,11,16H2,1-2H3;4-5,8H,3,6-7,9-10,15H2,1-2H3;1-2H3. The Balaban J connectivity index is 0.000000162. The molecule has 0 radical (unpaired) electrons. The number of hydrogen-bond donors (Lipinski definition) is 2. The zero-order chi connectivity index (χ0) is 26.8. The van der Waals surface area contributed by atoms with Gasteiger partial charge in [-0.25, -0.2) is 0 Å². The zero-order valence-corrected chi connectivity index (χ0v) is 24.2. The van der Waals surface area contributed by atoms with Crippen molar-refractivity contribution < 1.29 is 0 Å². The molecule has 1 saturated carbocycles. The minimum atomic E-state index is 0.478. The van der Waals surface area contributed by atoms with Crippen LogP contribution in [0.2, 0.25) is 0 Å². The van der Waals surface area contributed by atoms with E-state index in [9.17, 15) is 0 Å². The highest BCUT2D eigenvalue weighted by Gasteiger charge is 2.51. The summed E-state index contributed by atoms with van der Waals surface area (Å²) < 4.78 is 0. The van der Waals surface area contributed by atoms with Gasteiger partial charge in [0.05, 0.1) is 5.54 Å². The van der Waals surface area contributed by atoms with Crippen molar-refractivity contribution in [2.24, 2.45) is 0 Å². The molecule has 4 aliphatic rings. The van der Waals surface area contributed by atoms with Crippen LogP contribution in [-0.4, -0.2) is 74.2 Å². The van der Waals surface area contributed by atoms with Crippen molar-refractivity contribution in [3.8, 4) is 0 Å². The number of nitrogen functional groups attached to an aromatic ring is 2. The number of benzene rings is 2. The number of likely N-dealkylation sites (tertiary alicyclic amines) is 1. The third-order valence-corrected chi connectivity index (χ3v) is 9.27. The van der Waals surface area contributed by atoms with Crippen LogP contribution in [0.5, 0.6) is 0 Å². The van der Waals surface area contributed by atoms with Gasteiger partial charge in [0.2, 0.25) is 0 Å². The van der Waals surface area contributed by atoms with Crippen molar-refractivity contribution in [1.82, 2.24) is 9.80 Å². The average Bonchev–Trinajstić information content (AvgIpc) is 3.67. The van der Waals surface area contributed by atoms with Gasteiger partial charge < -0.3 is 21.3 Å². The molecule has 6 heteroatoms. The van der Waals surface area contributed by atoms with Crippen molar-refractivity contribution >= 4 is 22.7 Å². The summed E-state index contributed by atoms with van der Waals surface area (Å²) in [4.78, 5) is 10.0. The number of nitrogens with zero attached hydrogens (tertiary/aromatic N) is 4. The summed E-state index contributed by atoms with van der Waals surface area (Å²) in [5, 5.41) is 0. The second kappa shape index (κ2) is 11.1. The fourth-order valence-corrected chi connectivity index (χ4v) is 6.06. The first-order chi connectivity index (χ1) is 17.8. The normalized spacial score (nSPS) is 21.4. The SMILES string of the molecule is CC.CCc1cc(N2CC3(CCN3C)C2)ccc1N.CCc1cc(N2CCN(C)C3(CC3)C2)ccc1N. The Bertz CT molecular complexity index is 1060. The number of rotatable bonds is 4. The maximum Gasteiger partial charge on any atom is 0.0569 e. The molecule has 1 aliphatic carbocycles. The van der Waals surface area contributed by atoms with E-state index in [0.717, 1.165) is 30.8 Å². The van der Waals surface area contributed by atoms with Gasteiger partial charge in [-0.1, -0.05) is 27.7 Å². The van der Waals surface area contributed by atoms with E-state index in [4.69, 9.17) is 11.5 Å². The molecule has 3 saturated heterocycles. The summed E-state index contributed by atoms with van der Waals surface area (Å²) >= 11 is 0. The van der Waals surface area contributed by atoms with Crippen LogP contribution in [-0.2, 0) is 12.8 Å². The Morgan fingerprint density at radius 3 is 1.57 bits per heavy atom. The van der Waals surface area contributed by atoms with E-state index in [2.05, 4.69) is 77.9 Å². The van der Waals surface area contributed by atoms with E-state index in [1.165, 1.54) is 74.5 Å². The predicted molar refractivity (Wildman–Crippen MR) is 161 cm³/mol. The van der Waals surface area contributed by atoms with E-state index < -0.39 is 0 Å². The Morgan fingerprint density at radius 2 is 1.14 bits per heavy atom. The minimum Gasteiger partial charge on any atom is -0.399 e. The average molecular weight is 507 g/mol. The molecule has 2 aromatic carbocycles. The van der Waals surface area contributed by atoms with Gasteiger partial charge in [-0.05, 0) is 93.7 Å². The molecule has 204 valence electrons. The van der Waals surface area contributed by atoms with Crippen molar-refractivity contribution in [1.29, 1.82) is 0 Å². The molecule has 3 aliphatic heterocycles. The van der Waals surface area contributed by atoms with E-state index in [1.807, 2.05) is 19.9 Å². The first kappa shape index (κ1) is 27.6. The molecule has 0 amide bonds. The van der Waals surface area contributed by atoms with Gasteiger partial charge in [-0.3, -0.25) is 9.80 Å². The fourth-order valence-electron chi connectivity index (χ4n) is 6.06. The molecule has 37 heavy (non-hydrogen) atoms. The molecular weight excluding hydrogens is 456 g/mol. The Hall–Kier alpha value is -2.44. The number of likely N-dealkylation sites (N-methyl/N-ethyl adjacent to an activating group) is 2. The highest BCUT2D eigenvalue weighted by molar-refractivity contribution is 5.61. The maximum absolute atomic E-state index is 5.99. The van der Waals surface area contributed by atoms with Gasteiger partial charge in [0.1, 0.15) is 0 Å². The largest absolute Gasteiger partial charge is 0.399 e. The van der Waals surface area contributed by atoms with Gasteiger partial charge >= 0.3 is 0 Å². The van der Waals surface area contributed by atoms with Crippen molar-refractivity contribution in [2.45, 2.75) is 70.9 Å². The summed E-state index contributed by atoms with van der Waals surface area (Å²) in [6, 6.07) is 13.0. The third-order valence-electron chi connectivity index (χ3n) is 9.27. The molecule has 0 bridgehead atoms. The number of hydrogen-bond acceptors (Lipinski definition) is 6. The smallest absolute Gasteiger partial charge is 0.0569 e. The Kier molecular flexibility index (Phi) is 8.29. The molecule has 3 heterocycles. The quantitative estimate of drug-likeness (QED) is 0.577. The number of anilines is 4. The molecule has 4 N–H and O–H groups in total. The van der Waals surface area contributed by atoms with E-state index >= 15 is 0 Å². The topological polar surface area (TPSA) is 65.0 Å². The summed E-state index contributed by atoms with van der Waals surface area (Å²) in [7, 11) is 4.51. The number of piperazine rings is 1. The zero-order valence-electron chi connectivity index (χ0n) is 24.2. The first-order valence-corrected chi connectivity index (χ1v) is 14.5. The molecule has 4 fully saturated rings. The summed E-state index contributed by atoms with van der Waals surface area (Å²) in [6.45, 7) is 15.4. The van der Waals surface area contributed by atoms with Crippen LogP contribution in [0, 0.1) is 0 Å². The van der Waals surface area contributed by atoms with Crippen LogP contribution in [0.1, 0.15) is 58.1 Å². The molecule has 0 aromatic heterocycles. The number of aryl methyl sites for hydroxylation is 2. The van der Waals surface area contributed by atoms with Gasteiger partial charge in [-0.2, -0.15) is 0 Å². The summed E-state index contributed by atoms with van der Waals surface area (Å²) in [5.74, 6) is 0. The molecular formula is C31H50N6. The van der Waals surface area contributed by atoms with Crippen LogP contribution in [0.15, 0.2) is 36.4 Å². The highest BCUT2D eigenvalue weighted by Crippen LogP contribution is 2.44. The third kappa shape index (κ3) is 5.42. The monoisotopic (exact) mass is 506 g/mol. The highest BCUT2D eigenvalue weighted by atomic mass is 15.4. The molecule has 2 aromatic rings. The van der Waals surface area contributed by atoms with E-state index in [0.29, 0.717) is 11.1 Å². The lowest BCUT2D eigenvalue weighted by Crippen LogP contribution is -2.75. The Labute approximate surface area is 225 Å². The van der Waals surface area contributed by atoms with Crippen molar-refractivity contribution in [3.63, 3.8) is 0 Å². The van der Waals surface area contributed by atoms with E-state index in [1.54, 1.807) is 0 Å². The van der Waals surface area contributed by atoms with Crippen LogP contribution < -0.4 is 21.3 Å². The fraction of sp³-hybridized carbons (Fsp3) is 0.613. The van der Waals surface area contributed by atoms with Gasteiger partial charge in [0.15, 0.2) is 0 Å². The molecule has 2 spiro atoms. The minimum absolute atomic E-state index is 0.478. The Morgan fingerprint density at radius 1 is 0.649 bits per heavy atom. The first-order valence-electron chi connectivity index (χ1n) is 14.5. The lowest BCUT2D eigenvalue weighted by molar-refractivity contribution is -0.0127. The van der Waals surface area contributed by atoms with Gasteiger partial charge in [-0.15, -0.1) is 0 Å². The predicted octanol–water partition coefficient (Wildman–Crippen LogP) is 4.87. The van der Waals surface area contributed by atoms with Crippen LogP contribution in [0.4, 0.5) is 22.7 Å². The maximum atomic E-state index is 5.99. The summed E-state index contributed by atoms with van der Waals surface area (Å²) in [5.41, 5.74) is 20.0. The van der Waals surface area contributed by atoms with Crippen LogP contribution in [0.25, 0.3) is 0 Å². The number of nitrogens with two attached hydrogens (primary N) is 2. The van der Waals surface area contributed by atoms with Crippen LogP contribution >= 0.6 is 0 Å². The lowest BCUT2D eigenvalue weighted by atomic mass is 9.78. The second-order valence-electron chi connectivity index (χ2n) is 11.3. The molecule has 6 nitrogen and oxygen atoms in total. The molecule has 6 rings (SSSR count).